The van der Waals surface area contributed by atoms with E-state index in [9.17, 15) is 18.0 Å². The van der Waals surface area contributed by atoms with Crippen LogP contribution in [0.15, 0.2) is 24.3 Å². The summed E-state index contributed by atoms with van der Waals surface area (Å²) in [5.74, 6) is -0.886. The fourth-order valence-corrected chi connectivity index (χ4v) is 2.29. The number of hydrogen-bond acceptors (Lipinski definition) is 5. The maximum Gasteiger partial charge on any atom is 0.417 e. The minimum absolute atomic E-state index is 0.115. The van der Waals surface area contributed by atoms with Gasteiger partial charge in [-0.1, -0.05) is 23.5 Å². The van der Waals surface area contributed by atoms with Gasteiger partial charge in [-0.3, -0.25) is 10.1 Å². The Labute approximate surface area is 121 Å². The number of amides is 1. The molecule has 0 spiro atoms. The van der Waals surface area contributed by atoms with E-state index >= 15 is 0 Å². The normalized spacial score (nSPS) is 11.4. The lowest BCUT2D eigenvalue weighted by atomic mass is 10.1. The molecule has 1 aromatic carbocycles. The molecule has 0 aliphatic heterocycles. The zero-order valence-corrected chi connectivity index (χ0v) is 11.6. The second-order valence-corrected chi connectivity index (χ2v) is 4.99. The number of methoxy groups -OCH3 is 1. The van der Waals surface area contributed by atoms with Crippen molar-refractivity contribution in [3.8, 4) is 0 Å². The second-order valence-electron chi connectivity index (χ2n) is 3.93. The van der Waals surface area contributed by atoms with Crippen molar-refractivity contribution >= 4 is 22.4 Å². The minimum Gasteiger partial charge on any atom is -0.377 e. The summed E-state index contributed by atoms with van der Waals surface area (Å²) in [6, 6.07) is 4.54. The molecular formula is C12H10F3N3O2S. The molecule has 1 heterocycles. The second kappa shape index (κ2) is 6.19. The maximum absolute atomic E-state index is 12.8. The Morgan fingerprint density at radius 1 is 1.33 bits per heavy atom. The first-order valence-electron chi connectivity index (χ1n) is 5.70. The van der Waals surface area contributed by atoms with Crippen LogP contribution < -0.4 is 5.32 Å². The number of carbonyl (C=O) groups excluding carboxylic acids is 1. The molecule has 0 aliphatic carbocycles. The Bertz CT molecular complexity index is 643. The Balaban J connectivity index is 2.20. The highest BCUT2D eigenvalue weighted by Crippen LogP contribution is 2.32. The molecule has 2 rings (SSSR count). The lowest BCUT2D eigenvalue weighted by Crippen LogP contribution is -2.18. The van der Waals surface area contributed by atoms with Crippen molar-refractivity contribution in [3.05, 3.63) is 40.4 Å². The van der Waals surface area contributed by atoms with Gasteiger partial charge in [0.05, 0.1) is 11.1 Å². The molecule has 0 atom stereocenters. The molecule has 0 aliphatic rings. The average Bonchev–Trinajstić information content (AvgIpc) is 2.85. The molecule has 2 aromatic rings. The van der Waals surface area contributed by atoms with Crippen LogP contribution in [0.2, 0.25) is 0 Å². The number of aromatic nitrogens is 2. The van der Waals surface area contributed by atoms with E-state index < -0.39 is 23.2 Å². The minimum atomic E-state index is -4.60. The fraction of sp³-hybridized carbons (Fsp3) is 0.250. The Hall–Kier alpha value is -2.00. The zero-order valence-electron chi connectivity index (χ0n) is 10.8. The quantitative estimate of drug-likeness (QED) is 0.941. The molecule has 9 heteroatoms. The molecule has 5 nitrogen and oxygen atoms in total. The fourth-order valence-electron chi connectivity index (χ4n) is 1.58. The smallest absolute Gasteiger partial charge is 0.377 e. The van der Waals surface area contributed by atoms with E-state index in [0.29, 0.717) is 5.01 Å². The van der Waals surface area contributed by atoms with Crippen molar-refractivity contribution in [1.82, 2.24) is 10.2 Å². The highest BCUT2D eigenvalue weighted by molar-refractivity contribution is 7.15. The summed E-state index contributed by atoms with van der Waals surface area (Å²) in [4.78, 5) is 11.9. The number of carbonyl (C=O) groups is 1. The van der Waals surface area contributed by atoms with Gasteiger partial charge in [0.1, 0.15) is 11.6 Å². The van der Waals surface area contributed by atoms with Crippen LogP contribution in [0.5, 0.6) is 0 Å². The first-order chi connectivity index (χ1) is 9.91. The van der Waals surface area contributed by atoms with Crippen molar-refractivity contribution < 1.29 is 22.7 Å². The lowest BCUT2D eigenvalue weighted by molar-refractivity contribution is -0.137. The highest BCUT2D eigenvalue weighted by atomic mass is 32.1. The molecule has 0 saturated carbocycles. The van der Waals surface area contributed by atoms with Crippen LogP contribution in [-0.4, -0.2) is 23.2 Å². The standard InChI is InChI=1S/C12H10F3N3O2S/c1-20-6-9-17-18-11(21-9)16-10(19)7-4-2-3-5-8(7)12(13,14)15/h2-5H,6H2,1H3,(H,16,18,19). The van der Waals surface area contributed by atoms with E-state index in [1.165, 1.54) is 19.2 Å². The largest absolute Gasteiger partial charge is 0.417 e. The number of nitrogens with zero attached hydrogens (tertiary/aromatic N) is 2. The number of anilines is 1. The summed E-state index contributed by atoms with van der Waals surface area (Å²) in [5, 5.41) is 10.3. The number of hydrogen-bond donors (Lipinski definition) is 1. The Morgan fingerprint density at radius 3 is 2.71 bits per heavy atom. The average molecular weight is 317 g/mol. The van der Waals surface area contributed by atoms with Crippen LogP contribution in [-0.2, 0) is 17.5 Å². The first kappa shape index (κ1) is 15.4. The van der Waals surface area contributed by atoms with Gasteiger partial charge in [0.15, 0.2) is 0 Å². The van der Waals surface area contributed by atoms with E-state index in [1.54, 1.807) is 0 Å². The summed E-state index contributed by atoms with van der Waals surface area (Å²) < 4.78 is 43.3. The van der Waals surface area contributed by atoms with Gasteiger partial charge in [0, 0.05) is 7.11 Å². The van der Waals surface area contributed by atoms with Crippen molar-refractivity contribution in [2.75, 3.05) is 12.4 Å². The molecule has 0 fully saturated rings. The summed E-state index contributed by atoms with van der Waals surface area (Å²) in [6.07, 6.45) is -4.60. The van der Waals surface area contributed by atoms with E-state index in [2.05, 4.69) is 15.5 Å². The predicted octanol–water partition coefficient (Wildman–Crippen LogP) is 2.96. The Morgan fingerprint density at radius 2 is 2.05 bits per heavy atom. The third-order valence-corrected chi connectivity index (χ3v) is 3.24. The first-order valence-corrected chi connectivity index (χ1v) is 6.52. The van der Waals surface area contributed by atoms with Crippen molar-refractivity contribution in [2.24, 2.45) is 0 Å². The maximum atomic E-state index is 12.8. The van der Waals surface area contributed by atoms with Crippen molar-refractivity contribution in [2.45, 2.75) is 12.8 Å². The molecule has 21 heavy (non-hydrogen) atoms. The number of benzene rings is 1. The molecule has 0 unspecified atom stereocenters. The molecule has 0 saturated heterocycles. The van der Waals surface area contributed by atoms with Crippen LogP contribution in [0.3, 0.4) is 0 Å². The van der Waals surface area contributed by atoms with Crippen molar-refractivity contribution in [1.29, 1.82) is 0 Å². The third kappa shape index (κ3) is 3.76. The molecule has 0 radical (unpaired) electrons. The monoisotopic (exact) mass is 317 g/mol. The summed E-state index contributed by atoms with van der Waals surface area (Å²) in [5.41, 5.74) is -1.46. The summed E-state index contributed by atoms with van der Waals surface area (Å²) in [7, 11) is 1.47. The van der Waals surface area contributed by atoms with Gasteiger partial charge in [-0.05, 0) is 12.1 Å². The zero-order chi connectivity index (χ0) is 15.5. The molecule has 1 amide bonds. The number of nitrogens with one attached hydrogen (secondary N) is 1. The van der Waals surface area contributed by atoms with Gasteiger partial charge in [0.25, 0.3) is 5.91 Å². The van der Waals surface area contributed by atoms with Gasteiger partial charge in [-0.15, -0.1) is 10.2 Å². The van der Waals surface area contributed by atoms with Gasteiger partial charge in [0.2, 0.25) is 5.13 Å². The highest BCUT2D eigenvalue weighted by Gasteiger charge is 2.34. The predicted molar refractivity (Wildman–Crippen MR) is 70.0 cm³/mol. The molecule has 112 valence electrons. The SMILES string of the molecule is COCc1nnc(NC(=O)c2ccccc2C(F)(F)F)s1. The van der Waals surface area contributed by atoms with Crippen LogP contribution >= 0.6 is 11.3 Å². The molecule has 1 aromatic heterocycles. The topological polar surface area (TPSA) is 64.1 Å². The van der Waals surface area contributed by atoms with Crippen LogP contribution in [0.25, 0.3) is 0 Å². The number of ether oxygens (including phenoxy) is 1. The van der Waals surface area contributed by atoms with Crippen LogP contribution in [0.4, 0.5) is 18.3 Å². The van der Waals surface area contributed by atoms with E-state index in [4.69, 9.17) is 4.74 Å². The van der Waals surface area contributed by atoms with Crippen LogP contribution in [0.1, 0.15) is 20.9 Å². The lowest BCUT2D eigenvalue weighted by Gasteiger charge is -2.11. The van der Waals surface area contributed by atoms with Gasteiger partial charge >= 0.3 is 6.18 Å². The van der Waals surface area contributed by atoms with Crippen molar-refractivity contribution in [3.63, 3.8) is 0 Å². The molecular weight excluding hydrogens is 307 g/mol. The van der Waals surface area contributed by atoms with E-state index in [-0.39, 0.29) is 11.7 Å². The van der Waals surface area contributed by atoms with Gasteiger partial charge in [-0.2, -0.15) is 13.2 Å². The number of halogens is 3. The molecule has 0 bridgehead atoms. The Kier molecular flexibility index (Phi) is 4.53. The summed E-state index contributed by atoms with van der Waals surface area (Å²) >= 11 is 1.03. The van der Waals surface area contributed by atoms with E-state index in [1.807, 2.05) is 0 Å². The summed E-state index contributed by atoms with van der Waals surface area (Å²) in [6.45, 7) is 0.215. The van der Waals surface area contributed by atoms with Gasteiger partial charge < -0.3 is 4.74 Å². The van der Waals surface area contributed by atoms with Gasteiger partial charge in [-0.25, -0.2) is 0 Å². The van der Waals surface area contributed by atoms with Crippen LogP contribution in [0, 0.1) is 0 Å². The molecule has 1 N–H and O–H groups in total. The third-order valence-electron chi connectivity index (χ3n) is 2.43. The number of alkyl halides is 3. The van der Waals surface area contributed by atoms with E-state index in [0.717, 1.165) is 23.5 Å². The number of rotatable bonds is 4.